The second kappa shape index (κ2) is 6.77. The van der Waals surface area contributed by atoms with Crippen LogP contribution < -0.4 is 9.47 Å². The van der Waals surface area contributed by atoms with Crippen molar-refractivity contribution in [3.63, 3.8) is 0 Å². The molecule has 0 bridgehead atoms. The summed E-state index contributed by atoms with van der Waals surface area (Å²) in [5, 5.41) is 9.54. The van der Waals surface area contributed by atoms with Crippen LogP contribution >= 0.6 is 15.9 Å². The summed E-state index contributed by atoms with van der Waals surface area (Å²) in [6.07, 6.45) is 1.75. The highest BCUT2D eigenvalue weighted by Gasteiger charge is 2.10. The Bertz CT molecular complexity index is 970. The largest absolute Gasteiger partial charge is 0.497 e. The number of ether oxygens (including phenoxy) is 2. The smallest absolute Gasteiger partial charge is 0.149 e. The summed E-state index contributed by atoms with van der Waals surface area (Å²) in [5.41, 5.74) is 2.79. The monoisotopic (exact) mass is 383 g/mol. The van der Waals surface area contributed by atoms with Crippen molar-refractivity contribution >= 4 is 38.6 Å². The Kier molecular flexibility index (Phi) is 4.54. The molecule has 0 radical (unpaired) electrons. The number of imidazole rings is 1. The molecule has 0 saturated heterocycles. The number of nitrogens with zero attached hydrogens (tertiary/aromatic N) is 2. The molecular weight excluding hydrogens is 370 g/mol. The molecule has 0 amide bonds. The molecule has 120 valence electrons. The van der Waals surface area contributed by atoms with Gasteiger partial charge in [0.05, 0.1) is 30.8 Å². The normalized spacial score (nSPS) is 11.3. The van der Waals surface area contributed by atoms with Crippen molar-refractivity contribution in [2.45, 2.75) is 0 Å². The average Bonchev–Trinajstić information content (AvgIpc) is 3.02. The van der Waals surface area contributed by atoms with Gasteiger partial charge in [0, 0.05) is 16.1 Å². The number of aromatic amines is 1. The van der Waals surface area contributed by atoms with Gasteiger partial charge >= 0.3 is 0 Å². The molecule has 24 heavy (non-hydrogen) atoms. The fourth-order valence-corrected chi connectivity index (χ4v) is 2.75. The van der Waals surface area contributed by atoms with Crippen molar-refractivity contribution in [3.05, 3.63) is 52.3 Å². The molecule has 3 aromatic rings. The van der Waals surface area contributed by atoms with Crippen molar-refractivity contribution in [1.82, 2.24) is 9.97 Å². The maximum atomic E-state index is 9.54. The van der Waals surface area contributed by atoms with E-state index in [0.717, 1.165) is 26.8 Å². The molecule has 5 nitrogen and oxygen atoms in total. The SMILES string of the molecule is COc1ccc2nc(/C(C#N)=C\c3cc(Br)ccc3OC)[nH]c2c1. The first-order chi connectivity index (χ1) is 11.6. The molecule has 0 aliphatic carbocycles. The summed E-state index contributed by atoms with van der Waals surface area (Å²) < 4.78 is 11.5. The third-order valence-corrected chi connectivity index (χ3v) is 4.05. The molecule has 1 N–H and O–H groups in total. The number of halogens is 1. The molecule has 1 heterocycles. The summed E-state index contributed by atoms with van der Waals surface area (Å²) in [5.74, 6) is 1.92. The van der Waals surface area contributed by atoms with E-state index in [1.807, 2.05) is 36.4 Å². The summed E-state index contributed by atoms with van der Waals surface area (Å²) in [6.45, 7) is 0. The Balaban J connectivity index is 2.09. The van der Waals surface area contributed by atoms with E-state index in [-0.39, 0.29) is 0 Å². The Morgan fingerprint density at radius 2 is 2.04 bits per heavy atom. The van der Waals surface area contributed by atoms with Gasteiger partial charge in [0.1, 0.15) is 23.4 Å². The minimum atomic E-state index is 0.418. The molecule has 0 unspecified atom stereocenters. The van der Waals surface area contributed by atoms with E-state index in [2.05, 4.69) is 32.0 Å². The van der Waals surface area contributed by atoms with Gasteiger partial charge in [0.15, 0.2) is 0 Å². The van der Waals surface area contributed by atoms with E-state index in [1.165, 1.54) is 0 Å². The number of hydrogen-bond donors (Lipinski definition) is 1. The van der Waals surface area contributed by atoms with Gasteiger partial charge in [-0.05, 0) is 36.4 Å². The van der Waals surface area contributed by atoms with Crippen LogP contribution in [0, 0.1) is 11.3 Å². The average molecular weight is 384 g/mol. The quantitative estimate of drug-likeness (QED) is 0.677. The zero-order valence-electron chi connectivity index (χ0n) is 13.1. The molecular formula is C18H14BrN3O2. The predicted octanol–water partition coefficient (Wildman–Crippen LogP) is 4.41. The van der Waals surface area contributed by atoms with Crippen LogP contribution in [0.25, 0.3) is 22.7 Å². The lowest BCUT2D eigenvalue weighted by Gasteiger charge is -2.05. The second-order valence-corrected chi connectivity index (χ2v) is 5.94. The van der Waals surface area contributed by atoms with E-state index >= 15 is 0 Å². The van der Waals surface area contributed by atoms with Crippen LogP contribution in [0.4, 0.5) is 0 Å². The molecule has 0 fully saturated rings. The lowest BCUT2D eigenvalue weighted by molar-refractivity contribution is 0.414. The van der Waals surface area contributed by atoms with Gasteiger partial charge in [-0.1, -0.05) is 15.9 Å². The number of nitrogens with one attached hydrogen (secondary N) is 1. The highest BCUT2D eigenvalue weighted by Crippen LogP contribution is 2.28. The van der Waals surface area contributed by atoms with Gasteiger partial charge in [0.2, 0.25) is 0 Å². The van der Waals surface area contributed by atoms with E-state index in [0.29, 0.717) is 17.1 Å². The van der Waals surface area contributed by atoms with E-state index in [4.69, 9.17) is 9.47 Å². The molecule has 6 heteroatoms. The highest BCUT2D eigenvalue weighted by atomic mass is 79.9. The standard InChI is InChI=1S/C18H14BrN3O2/c1-23-14-4-5-15-16(9-14)22-18(21-15)12(10-20)7-11-8-13(19)3-6-17(11)24-2/h3-9H,1-2H3,(H,21,22)/b12-7-. The zero-order valence-corrected chi connectivity index (χ0v) is 14.7. The number of rotatable bonds is 4. The fraction of sp³-hybridized carbons (Fsp3) is 0.111. The zero-order chi connectivity index (χ0) is 17.1. The number of allylic oxidation sites excluding steroid dienone is 1. The van der Waals surface area contributed by atoms with Gasteiger partial charge in [-0.25, -0.2) is 4.98 Å². The van der Waals surface area contributed by atoms with Crippen molar-refractivity contribution in [1.29, 1.82) is 5.26 Å². The molecule has 0 atom stereocenters. The Morgan fingerprint density at radius 1 is 1.21 bits per heavy atom. The molecule has 0 spiro atoms. The molecule has 3 rings (SSSR count). The molecule has 0 aliphatic heterocycles. The fourth-order valence-electron chi connectivity index (χ4n) is 2.37. The van der Waals surface area contributed by atoms with Crippen LogP contribution in [0.15, 0.2) is 40.9 Å². The first-order valence-corrected chi connectivity index (χ1v) is 7.93. The van der Waals surface area contributed by atoms with Crippen LogP contribution in [-0.4, -0.2) is 24.2 Å². The first-order valence-electron chi connectivity index (χ1n) is 7.14. The van der Waals surface area contributed by atoms with Gasteiger partial charge < -0.3 is 14.5 Å². The van der Waals surface area contributed by atoms with Crippen LogP contribution in [-0.2, 0) is 0 Å². The van der Waals surface area contributed by atoms with Gasteiger partial charge in [-0.2, -0.15) is 5.26 Å². The molecule has 1 aromatic heterocycles. The van der Waals surface area contributed by atoms with Gasteiger partial charge in [0.25, 0.3) is 0 Å². The Labute approximate surface area is 147 Å². The number of nitriles is 1. The lowest BCUT2D eigenvalue weighted by atomic mass is 10.1. The van der Waals surface area contributed by atoms with Crippen molar-refractivity contribution < 1.29 is 9.47 Å². The molecule has 2 aromatic carbocycles. The first kappa shape index (κ1) is 16.1. The van der Waals surface area contributed by atoms with Crippen LogP contribution in [0.3, 0.4) is 0 Å². The number of benzene rings is 2. The van der Waals surface area contributed by atoms with E-state index < -0.39 is 0 Å². The predicted molar refractivity (Wildman–Crippen MR) is 96.8 cm³/mol. The Morgan fingerprint density at radius 3 is 2.75 bits per heavy atom. The van der Waals surface area contributed by atoms with Gasteiger partial charge in [-0.15, -0.1) is 0 Å². The van der Waals surface area contributed by atoms with E-state index in [9.17, 15) is 5.26 Å². The highest BCUT2D eigenvalue weighted by molar-refractivity contribution is 9.10. The molecule has 0 aliphatic rings. The minimum absolute atomic E-state index is 0.418. The van der Waals surface area contributed by atoms with Crippen molar-refractivity contribution in [2.24, 2.45) is 0 Å². The maximum Gasteiger partial charge on any atom is 0.149 e. The third-order valence-electron chi connectivity index (χ3n) is 3.56. The number of H-pyrrole nitrogens is 1. The van der Waals surface area contributed by atoms with Crippen molar-refractivity contribution in [3.8, 4) is 17.6 Å². The van der Waals surface area contributed by atoms with Crippen LogP contribution in [0.5, 0.6) is 11.5 Å². The summed E-state index contributed by atoms with van der Waals surface area (Å²) in [4.78, 5) is 7.64. The van der Waals surface area contributed by atoms with Gasteiger partial charge in [-0.3, -0.25) is 0 Å². The summed E-state index contributed by atoms with van der Waals surface area (Å²) >= 11 is 3.43. The maximum absolute atomic E-state index is 9.54. The topological polar surface area (TPSA) is 70.9 Å². The van der Waals surface area contributed by atoms with E-state index in [1.54, 1.807) is 20.3 Å². The number of aromatic nitrogens is 2. The third kappa shape index (κ3) is 3.12. The van der Waals surface area contributed by atoms with Crippen LogP contribution in [0.1, 0.15) is 11.4 Å². The number of methoxy groups -OCH3 is 2. The van der Waals surface area contributed by atoms with Crippen LogP contribution in [0.2, 0.25) is 0 Å². The molecule has 0 saturated carbocycles. The Hall–Kier alpha value is -2.78. The lowest BCUT2D eigenvalue weighted by Crippen LogP contribution is -1.89. The number of hydrogen-bond acceptors (Lipinski definition) is 4. The summed E-state index contributed by atoms with van der Waals surface area (Å²) in [6, 6.07) is 13.3. The van der Waals surface area contributed by atoms with Crippen molar-refractivity contribution in [2.75, 3.05) is 14.2 Å². The summed E-state index contributed by atoms with van der Waals surface area (Å²) in [7, 11) is 3.21. The second-order valence-electron chi connectivity index (χ2n) is 5.02. The minimum Gasteiger partial charge on any atom is -0.497 e. The number of fused-ring (bicyclic) bond motifs is 1.